The van der Waals surface area contributed by atoms with Crippen LogP contribution >= 0.6 is 0 Å². The summed E-state index contributed by atoms with van der Waals surface area (Å²) in [5.41, 5.74) is -1.50. The van der Waals surface area contributed by atoms with E-state index in [-0.39, 0.29) is 33.8 Å². The van der Waals surface area contributed by atoms with Crippen molar-refractivity contribution in [3.63, 3.8) is 0 Å². The van der Waals surface area contributed by atoms with Crippen LogP contribution in [0.25, 0.3) is 0 Å². The Bertz CT molecular complexity index is 1560. The highest BCUT2D eigenvalue weighted by Gasteiger charge is 2.48. The molecular weight excluding hydrogens is 528 g/mol. The van der Waals surface area contributed by atoms with Gasteiger partial charge in [0.25, 0.3) is 0 Å². The molecule has 0 saturated carbocycles. The Morgan fingerprint density at radius 2 is 1.12 bits per heavy atom. The van der Waals surface area contributed by atoms with Gasteiger partial charge in [0, 0.05) is 17.5 Å². The zero-order chi connectivity index (χ0) is 29.4. The number of ketones is 1. The molecule has 9 heteroatoms. The van der Waals surface area contributed by atoms with Gasteiger partial charge in [0.15, 0.2) is 11.2 Å². The van der Waals surface area contributed by atoms with E-state index in [0.717, 1.165) is 0 Å². The van der Waals surface area contributed by atoms with Crippen molar-refractivity contribution < 1.29 is 43.7 Å². The van der Waals surface area contributed by atoms with Gasteiger partial charge in [0.1, 0.15) is 5.75 Å². The molecule has 0 fully saturated rings. The maximum Gasteiger partial charge on any atom is 0.344 e. The molecule has 41 heavy (non-hydrogen) atoms. The number of hydrogen-bond acceptors (Lipinski definition) is 7. The SMILES string of the molecule is O=C(OCCC(C(=O)O)(C(=O)O)c1ccccc1)c1ccc(OC(=O)c2ccccc2C(=O)c2ccccc2)cc1. The molecule has 0 saturated heterocycles. The van der Waals surface area contributed by atoms with Gasteiger partial charge >= 0.3 is 23.9 Å². The topological polar surface area (TPSA) is 144 Å². The number of esters is 2. The van der Waals surface area contributed by atoms with Crippen LogP contribution < -0.4 is 4.74 Å². The molecule has 0 bridgehead atoms. The number of carboxylic acids is 2. The highest BCUT2D eigenvalue weighted by molar-refractivity contribution is 6.14. The molecule has 2 N–H and O–H groups in total. The van der Waals surface area contributed by atoms with E-state index in [1.54, 1.807) is 48.5 Å². The summed E-state index contributed by atoms with van der Waals surface area (Å²) in [7, 11) is 0. The molecule has 0 unspecified atom stereocenters. The van der Waals surface area contributed by atoms with E-state index in [9.17, 15) is 34.2 Å². The van der Waals surface area contributed by atoms with E-state index in [0.29, 0.717) is 5.56 Å². The number of ether oxygens (including phenoxy) is 2. The number of benzene rings is 4. The van der Waals surface area contributed by atoms with E-state index in [2.05, 4.69) is 0 Å². The van der Waals surface area contributed by atoms with E-state index in [4.69, 9.17) is 9.47 Å². The summed E-state index contributed by atoms with van der Waals surface area (Å²) >= 11 is 0. The molecule has 0 aliphatic rings. The summed E-state index contributed by atoms with van der Waals surface area (Å²) in [6, 6.07) is 27.6. The van der Waals surface area contributed by atoms with E-state index in [1.807, 2.05) is 0 Å². The van der Waals surface area contributed by atoms with Gasteiger partial charge in [-0.15, -0.1) is 0 Å². The first-order chi connectivity index (χ1) is 19.7. The van der Waals surface area contributed by atoms with Gasteiger partial charge in [-0.3, -0.25) is 14.4 Å². The van der Waals surface area contributed by atoms with Gasteiger partial charge in [0.05, 0.1) is 17.7 Å². The summed E-state index contributed by atoms with van der Waals surface area (Å²) in [5, 5.41) is 19.5. The molecule has 9 nitrogen and oxygen atoms in total. The third-order valence-corrected chi connectivity index (χ3v) is 6.44. The Balaban J connectivity index is 1.41. The molecule has 0 amide bonds. The van der Waals surface area contributed by atoms with Crippen LogP contribution in [0.15, 0.2) is 109 Å². The zero-order valence-corrected chi connectivity index (χ0v) is 21.6. The van der Waals surface area contributed by atoms with Crippen LogP contribution in [0.5, 0.6) is 5.75 Å². The van der Waals surface area contributed by atoms with Gasteiger partial charge in [-0.2, -0.15) is 0 Å². The molecular formula is C32H24O9. The van der Waals surface area contributed by atoms with Crippen molar-refractivity contribution in [2.75, 3.05) is 6.61 Å². The second kappa shape index (κ2) is 12.5. The first-order valence-corrected chi connectivity index (χ1v) is 12.4. The molecule has 4 aromatic rings. The maximum atomic E-state index is 12.9. The van der Waals surface area contributed by atoms with Gasteiger partial charge < -0.3 is 19.7 Å². The monoisotopic (exact) mass is 552 g/mol. The fraction of sp³-hybridized carbons (Fsp3) is 0.0938. The van der Waals surface area contributed by atoms with Crippen LogP contribution in [0, 0.1) is 0 Å². The summed E-state index contributed by atoms with van der Waals surface area (Å²) in [5.74, 6) is -4.97. The number of rotatable bonds is 11. The fourth-order valence-corrected chi connectivity index (χ4v) is 4.22. The molecule has 206 valence electrons. The molecule has 0 aromatic heterocycles. The van der Waals surface area contributed by atoms with Crippen LogP contribution in [0.3, 0.4) is 0 Å². The smallest absolute Gasteiger partial charge is 0.344 e. The lowest BCUT2D eigenvalue weighted by Crippen LogP contribution is -2.44. The summed E-state index contributed by atoms with van der Waals surface area (Å²) in [4.78, 5) is 62.3. The lowest BCUT2D eigenvalue weighted by atomic mass is 9.78. The largest absolute Gasteiger partial charge is 0.480 e. The number of carbonyl (C=O) groups is 5. The molecule has 4 aromatic carbocycles. The third kappa shape index (κ3) is 6.20. The second-order valence-electron chi connectivity index (χ2n) is 8.92. The Labute approximate surface area is 234 Å². The maximum absolute atomic E-state index is 12.9. The van der Waals surface area contributed by atoms with Gasteiger partial charge in [-0.25, -0.2) is 9.59 Å². The molecule has 0 radical (unpaired) electrons. The third-order valence-electron chi connectivity index (χ3n) is 6.44. The van der Waals surface area contributed by atoms with Crippen LogP contribution in [0.2, 0.25) is 0 Å². The average molecular weight is 553 g/mol. The van der Waals surface area contributed by atoms with Crippen molar-refractivity contribution in [1.29, 1.82) is 0 Å². The lowest BCUT2D eigenvalue weighted by molar-refractivity contribution is -0.158. The number of aliphatic carboxylic acids is 2. The number of carbonyl (C=O) groups excluding carboxylic acids is 3. The van der Waals surface area contributed by atoms with Crippen LogP contribution in [0.1, 0.15) is 48.6 Å². The van der Waals surface area contributed by atoms with Crippen molar-refractivity contribution in [2.24, 2.45) is 0 Å². The lowest BCUT2D eigenvalue weighted by Gasteiger charge is -2.25. The van der Waals surface area contributed by atoms with Gasteiger partial charge in [-0.05, 0) is 35.9 Å². The van der Waals surface area contributed by atoms with Crippen molar-refractivity contribution in [2.45, 2.75) is 11.8 Å². The standard InChI is InChI=1S/C32H24O9/c33-27(21-9-3-1-4-10-21)25-13-7-8-14-26(25)29(35)41-24-17-15-22(16-18-24)28(34)40-20-19-32(30(36)37,31(38)39)23-11-5-2-6-12-23/h1-18H,19-20H2,(H,36,37)(H,38,39). The van der Waals surface area contributed by atoms with Crippen molar-refractivity contribution in [3.8, 4) is 5.75 Å². The Morgan fingerprint density at radius 1 is 0.585 bits per heavy atom. The fourth-order valence-electron chi connectivity index (χ4n) is 4.22. The number of hydrogen-bond donors (Lipinski definition) is 2. The Morgan fingerprint density at radius 3 is 1.71 bits per heavy atom. The molecule has 0 heterocycles. The summed E-state index contributed by atoms with van der Waals surface area (Å²) in [6.45, 7) is -0.477. The average Bonchev–Trinajstić information content (AvgIpc) is 2.99. The Kier molecular flexibility index (Phi) is 8.69. The quantitative estimate of drug-likeness (QED) is 0.116. The predicted octanol–water partition coefficient (Wildman–Crippen LogP) is 4.79. The predicted molar refractivity (Wildman–Crippen MR) is 146 cm³/mol. The van der Waals surface area contributed by atoms with E-state index < -0.39 is 42.3 Å². The molecule has 0 aliphatic carbocycles. The van der Waals surface area contributed by atoms with Crippen LogP contribution in [-0.2, 0) is 19.7 Å². The summed E-state index contributed by atoms with van der Waals surface area (Å²) in [6.07, 6.45) is -0.496. The summed E-state index contributed by atoms with van der Waals surface area (Å²) < 4.78 is 10.6. The van der Waals surface area contributed by atoms with Crippen LogP contribution in [0.4, 0.5) is 0 Å². The minimum absolute atomic E-state index is 0.0502. The van der Waals surface area contributed by atoms with Crippen molar-refractivity contribution in [1.82, 2.24) is 0 Å². The first kappa shape index (κ1) is 28.4. The first-order valence-electron chi connectivity index (χ1n) is 12.4. The van der Waals surface area contributed by atoms with Crippen molar-refractivity contribution in [3.05, 3.63) is 137 Å². The minimum Gasteiger partial charge on any atom is -0.480 e. The number of carboxylic acid groups (broad SMARTS) is 2. The van der Waals surface area contributed by atoms with Gasteiger partial charge in [-0.1, -0.05) is 78.9 Å². The highest BCUT2D eigenvalue weighted by atomic mass is 16.5. The zero-order valence-electron chi connectivity index (χ0n) is 21.6. The second-order valence-corrected chi connectivity index (χ2v) is 8.92. The van der Waals surface area contributed by atoms with Gasteiger partial charge in [0.2, 0.25) is 0 Å². The van der Waals surface area contributed by atoms with E-state index in [1.165, 1.54) is 60.7 Å². The molecule has 0 spiro atoms. The van der Waals surface area contributed by atoms with Crippen LogP contribution in [-0.4, -0.2) is 46.5 Å². The Hall–Kier alpha value is -5.57. The molecule has 0 atom stereocenters. The molecule has 4 rings (SSSR count). The minimum atomic E-state index is -2.29. The molecule has 0 aliphatic heterocycles. The normalized spacial score (nSPS) is 10.8. The van der Waals surface area contributed by atoms with Crippen molar-refractivity contribution >= 4 is 29.7 Å². The van der Waals surface area contributed by atoms with E-state index >= 15 is 0 Å². The highest BCUT2D eigenvalue weighted by Crippen LogP contribution is 2.29.